The van der Waals surface area contributed by atoms with Crippen molar-refractivity contribution in [1.82, 2.24) is 0 Å². The van der Waals surface area contributed by atoms with Gasteiger partial charge in [0, 0.05) is 0 Å². The molecule has 0 fully saturated rings. The molecule has 29 heavy (non-hydrogen) atoms. The Morgan fingerprint density at radius 3 is 0.793 bits per heavy atom. The van der Waals surface area contributed by atoms with Crippen LogP contribution in [0.4, 0.5) is 0 Å². The zero-order valence-corrected chi connectivity index (χ0v) is 21.3. The molecule has 0 saturated heterocycles. The Labute approximate surface area is 210 Å². The van der Waals surface area contributed by atoms with Gasteiger partial charge in [-0.2, -0.15) is 0 Å². The van der Waals surface area contributed by atoms with Crippen LogP contribution in [-0.2, 0) is 26.2 Å². The minimum absolute atomic E-state index is 0. The Bertz CT molecular complexity index is 1140. The molecule has 0 aliphatic rings. The fourth-order valence-corrected chi connectivity index (χ4v) is 3.81. The molecule has 0 heterocycles. The number of hydrogen-bond acceptors (Lipinski definition) is 0. The predicted molar refractivity (Wildman–Crippen MR) is 114 cm³/mol. The maximum atomic E-state index is 2.24. The minimum atomic E-state index is 0. The summed E-state index contributed by atoms with van der Waals surface area (Å²) in [6.45, 7) is 0. The molecule has 0 unspecified atom stereocenters. The minimum Gasteiger partial charge on any atom is -1.00 e. The van der Waals surface area contributed by atoms with Gasteiger partial charge in [0.25, 0.3) is 0 Å². The fourth-order valence-electron chi connectivity index (χ4n) is 3.81. The predicted octanol–water partition coefficient (Wildman–Crippen LogP) is 1.43. The average molecular weight is 581 g/mol. The number of hydrogen-bond donors (Lipinski definition) is 0. The summed E-state index contributed by atoms with van der Waals surface area (Å²) in [5.74, 6) is 0. The van der Waals surface area contributed by atoms with Gasteiger partial charge in [0.05, 0.1) is 0 Å². The van der Waals surface area contributed by atoms with E-state index >= 15 is 0 Å². The van der Waals surface area contributed by atoms with E-state index < -0.39 is 0 Å². The van der Waals surface area contributed by atoms with Gasteiger partial charge in [0.15, 0.2) is 0 Å². The number of rotatable bonds is 0. The zero-order valence-electron chi connectivity index (χ0n) is 15.6. The third-order valence-electron chi connectivity index (χ3n) is 5.05. The maximum Gasteiger partial charge on any atom is 4.00 e. The van der Waals surface area contributed by atoms with Crippen molar-refractivity contribution in [2.45, 2.75) is 0 Å². The molecule has 0 aliphatic heterocycles. The van der Waals surface area contributed by atoms with E-state index in [1.54, 1.807) is 0 Å². The SMILES string of the molecule is [Br-].[Br-].[Zr+4].c1ccc2c(c1)[cH-]c1ccccc12.c1ccc2c(c1)[cH-]c1ccccc12. The third-order valence-corrected chi connectivity index (χ3v) is 5.05. The number of fused-ring (bicyclic) bond motifs is 6. The van der Waals surface area contributed by atoms with Crippen molar-refractivity contribution in [3.8, 4) is 0 Å². The van der Waals surface area contributed by atoms with Gasteiger partial charge < -0.3 is 34.0 Å². The molecular weight excluding hydrogens is 563 g/mol. The van der Waals surface area contributed by atoms with E-state index in [1.807, 2.05) is 0 Å². The van der Waals surface area contributed by atoms with Crippen LogP contribution in [0.25, 0.3) is 43.1 Å². The van der Waals surface area contributed by atoms with Crippen LogP contribution in [0.1, 0.15) is 0 Å². The van der Waals surface area contributed by atoms with Crippen molar-refractivity contribution >= 4 is 43.1 Å². The molecule has 0 aromatic heterocycles. The second-order valence-corrected chi connectivity index (χ2v) is 6.64. The standard InChI is InChI=1S/2C13H9.2BrH.Zr/c2*1-3-7-12-10(5-1)9-11-6-2-4-8-13(11)12;;;/h2*1-9H;2*1H;/q2*-1;;;+4/p-2. The monoisotopic (exact) mass is 578 g/mol. The van der Waals surface area contributed by atoms with Crippen molar-refractivity contribution < 1.29 is 60.2 Å². The van der Waals surface area contributed by atoms with Crippen LogP contribution in [0.2, 0.25) is 0 Å². The van der Waals surface area contributed by atoms with Crippen LogP contribution in [0.15, 0.2) is 109 Å². The molecule has 0 aliphatic carbocycles. The van der Waals surface area contributed by atoms with E-state index in [2.05, 4.69) is 109 Å². The molecule has 0 spiro atoms. The van der Waals surface area contributed by atoms with Gasteiger partial charge in [-0.1, -0.05) is 72.8 Å². The first-order valence-electron chi connectivity index (χ1n) is 8.96. The smallest absolute Gasteiger partial charge is 1.00 e. The van der Waals surface area contributed by atoms with Crippen LogP contribution < -0.4 is 34.0 Å². The maximum absolute atomic E-state index is 2.24. The second kappa shape index (κ2) is 10.5. The first kappa shape index (κ1) is 23.7. The normalized spacial score (nSPS) is 9.93. The first-order chi connectivity index (χ1) is 12.9. The second-order valence-electron chi connectivity index (χ2n) is 6.64. The van der Waals surface area contributed by atoms with Crippen LogP contribution in [0, 0.1) is 0 Å². The van der Waals surface area contributed by atoms with E-state index in [1.165, 1.54) is 43.1 Å². The molecule has 0 radical (unpaired) electrons. The molecule has 3 heteroatoms. The van der Waals surface area contributed by atoms with Gasteiger partial charge in [0.1, 0.15) is 0 Å². The van der Waals surface area contributed by atoms with E-state index in [4.69, 9.17) is 0 Å². The third kappa shape index (κ3) is 4.63. The summed E-state index contributed by atoms with van der Waals surface area (Å²) in [6, 6.07) is 38.5. The Balaban J connectivity index is 0.000000187. The van der Waals surface area contributed by atoms with Crippen LogP contribution in [0.5, 0.6) is 0 Å². The van der Waals surface area contributed by atoms with Crippen molar-refractivity contribution in [3.63, 3.8) is 0 Å². The van der Waals surface area contributed by atoms with Gasteiger partial charge in [0.2, 0.25) is 0 Å². The molecule has 0 amide bonds. The van der Waals surface area contributed by atoms with Gasteiger partial charge >= 0.3 is 26.2 Å². The topological polar surface area (TPSA) is 0 Å². The Hall–Kier alpha value is -1.54. The summed E-state index contributed by atoms with van der Waals surface area (Å²) in [6.07, 6.45) is 0. The zero-order chi connectivity index (χ0) is 17.3. The van der Waals surface area contributed by atoms with Gasteiger partial charge in [-0.25, -0.2) is 0 Å². The molecule has 6 aromatic rings. The van der Waals surface area contributed by atoms with Crippen molar-refractivity contribution in [2.24, 2.45) is 0 Å². The summed E-state index contributed by atoms with van der Waals surface area (Å²) in [5, 5.41) is 10.8. The molecule has 0 nitrogen and oxygen atoms in total. The van der Waals surface area contributed by atoms with Gasteiger partial charge in [-0.05, 0) is 0 Å². The molecular formula is C26H18Br2Zr. The van der Waals surface area contributed by atoms with E-state index in [-0.39, 0.29) is 60.2 Å². The van der Waals surface area contributed by atoms with Crippen molar-refractivity contribution in [3.05, 3.63) is 109 Å². The fraction of sp³-hybridized carbons (Fsp3) is 0. The quantitative estimate of drug-likeness (QED) is 0.239. The number of halogens is 2. The van der Waals surface area contributed by atoms with Crippen LogP contribution in [-0.4, -0.2) is 0 Å². The molecule has 0 N–H and O–H groups in total. The van der Waals surface area contributed by atoms with Crippen molar-refractivity contribution in [1.29, 1.82) is 0 Å². The Kier molecular flexibility index (Phi) is 8.58. The van der Waals surface area contributed by atoms with Crippen molar-refractivity contribution in [2.75, 3.05) is 0 Å². The molecule has 6 aromatic carbocycles. The summed E-state index contributed by atoms with van der Waals surface area (Å²) < 4.78 is 0. The molecule has 140 valence electrons. The van der Waals surface area contributed by atoms with E-state index in [0.717, 1.165) is 0 Å². The summed E-state index contributed by atoms with van der Waals surface area (Å²) in [7, 11) is 0. The Morgan fingerprint density at radius 1 is 0.345 bits per heavy atom. The Morgan fingerprint density at radius 2 is 0.552 bits per heavy atom. The first-order valence-corrected chi connectivity index (χ1v) is 8.96. The molecule has 6 rings (SSSR count). The van der Waals surface area contributed by atoms with Gasteiger partial charge in [-0.15, -0.1) is 79.5 Å². The molecule has 0 bridgehead atoms. The van der Waals surface area contributed by atoms with Crippen LogP contribution in [0.3, 0.4) is 0 Å². The van der Waals surface area contributed by atoms with E-state index in [0.29, 0.717) is 0 Å². The summed E-state index contributed by atoms with van der Waals surface area (Å²) in [4.78, 5) is 0. The van der Waals surface area contributed by atoms with Crippen LogP contribution >= 0.6 is 0 Å². The summed E-state index contributed by atoms with van der Waals surface area (Å²) >= 11 is 0. The summed E-state index contributed by atoms with van der Waals surface area (Å²) in [5.41, 5.74) is 0. The van der Waals surface area contributed by atoms with Gasteiger partial charge in [-0.3, -0.25) is 0 Å². The molecule has 0 atom stereocenters. The number of benzene rings is 4. The largest absolute Gasteiger partial charge is 4.00 e. The average Bonchev–Trinajstić information content (AvgIpc) is 3.27. The molecule has 0 saturated carbocycles. The van der Waals surface area contributed by atoms with E-state index in [9.17, 15) is 0 Å².